The number of para-hydroxylation sites is 1. The van der Waals surface area contributed by atoms with Gasteiger partial charge in [-0.3, -0.25) is 4.79 Å². The molecule has 1 aliphatic rings. The molecule has 0 radical (unpaired) electrons. The van der Waals surface area contributed by atoms with Gasteiger partial charge < -0.3 is 18.9 Å². The highest BCUT2D eigenvalue weighted by Crippen LogP contribution is 2.42. The van der Waals surface area contributed by atoms with Crippen LogP contribution in [0, 0.1) is 0 Å². The first kappa shape index (κ1) is 22.7. The van der Waals surface area contributed by atoms with Gasteiger partial charge in [0.1, 0.15) is 12.1 Å². The highest BCUT2D eigenvalue weighted by Gasteiger charge is 2.33. The highest BCUT2D eigenvalue weighted by atomic mass is 32.2. The Bertz CT molecular complexity index is 769. The lowest BCUT2D eigenvalue weighted by Gasteiger charge is -2.24. The molecule has 29 heavy (non-hydrogen) atoms. The van der Waals surface area contributed by atoms with Gasteiger partial charge in [-0.1, -0.05) is 12.1 Å². The van der Waals surface area contributed by atoms with Crippen LogP contribution in [0.3, 0.4) is 0 Å². The summed E-state index contributed by atoms with van der Waals surface area (Å²) in [5, 5.41) is 0. The predicted octanol–water partition coefficient (Wildman–Crippen LogP) is 3.42. The number of esters is 1. The van der Waals surface area contributed by atoms with Gasteiger partial charge in [-0.2, -0.15) is 0 Å². The Morgan fingerprint density at radius 2 is 1.83 bits per heavy atom. The first-order chi connectivity index (χ1) is 13.7. The zero-order valence-corrected chi connectivity index (χ0v) is 18.0. The van der Waals surface area contributed by atoms with E-state index >= 15 is 0 Å². The van der Waals surface area contributed by atoms with E-state index in [1.54, 1.807) is 26.0 Å². The van der Waals surface area contributed by atoms with E-state index in [9.17, 15) is 14.4 Å². The molecule has 0 saturated heterocycles. The number of hydrogen-bond acceptors (Lipinski definition) is 8. The molecule has 10 heteroatoms. The highest BCUT2D eigenvalue weighted by molar-refractivity contribution is 7.95. The topological polar surface area (TPSA) is 94.6 Å². The number of benzene rings is 1. The van der Waals surface area contributed by atoms with E-state index in [0.717, 1.165) is 14.2 Å². The molecule has 0 aliphatic carbocycles. The Morgan fingerprint density at radius 3 is 2.48 bits per heavy atom. The number of rotatable bonds is 7. The molecule has 0 bridgehead atoms. The normalized spacial score (nSPS) is 13.7. The average Bonchev–Trinajstić information content (AvgIpc) is 2.96. The molecule has 160 valence electrons. The van der Waals surface area contributed by atoms with Crippen LogP contribution in [0.5, 0.6) is 11.5 Å². The maximum atomic E-state index is 12.5. The number of carbonyl (C=O) groups excluding carboxylic acids is 3. The minimum atomic E-state index is -0.768. The van der Waals surface area contributed by atoms with Crippen LogP contribution in [0.15, 0.2) is 18.2 Å². The summed E-state index contributed by atoms with van der Waals surface area (Å²) in [4.78, 5) is 36.4. The van der Waals surface area contributed by atoms with Gasteiger partial charge in [0.05, 0.1) is 25.3 Å². The van der Waals surface area contributed by atoms with Crippen molar-refractivity contribution in [3.63, 3.8) is 0 Å². The molecule has 0 unspecified atom stereocenters. The van der Waals surface area contributed by atoms with E-state index in [-0.39, 0.29) is 25.4 Å². The maximum Gasteiger partial charge on any atom is 0.426 e. The van der Waals surface area contributed by atoms with E-state index in [0.29, 0.717) is 30.1 Å². The number of nitrogens with zero attached hydrogens (tertiary/aromatic N) is 2. The van der Waals surface area contributed by atoms with Crippen LogP contribution in [0.2, 0.25) is 0 Å². The van der Waals surface area contributed by atoms with E-state index in [1.165, 1.54) is 7.05 Å². The van der Waals surface area contributed by atoms with E-state index < -0.39 is 18.2 Å². The molecule has 0 saturated carbocycles. The van der Waals surface area contributed by atoms with Crippen molar-refractivity contribution in [1.82, 2.24) is 8.61 Å². The minimum Gasteiger partial charge on any atom is -0.483 e. The summed E-state index contributed by atoms with van der Waals surface area (Å²) >= 11 is 0.683. The molecular formula is C19H26N2O7S. The van der Waals surface area contributed by atoms with Crippen molar-refractivity contribution in [2.75, 3.05) is 26.8 Å². The lowest BCUT2D eigenvalue weighted by molar-refractivity contribution is -0.143. The van der Waals surface area contributed by atoms with E-state index in [4.69, 9.17) is 18.9 Å². The van der Waals surface area contributed by atoms with Gasteiger partial charge in [0.2, 0.25) is 0 Å². The average molecular weight is 426 g/mol. The summed E-state index contributed by atoms with van der Waals surface area (Å²) in [5.41, 5.74) is 0.567. The molecule has 0 fully saturated rings. The van der Waals surface area contributed by atoms with Gasteiger partial charge in [-0.15, -0.1) is 0 Å². The summed E-state index contributed by atoms with van der Waals surface area (Å²) in [5.74, 6) is 0.197. The Kier molecular flexibility index (Phi) is 7.60. The van der Waals surface area contributed by atoms with E-state index in [2.05, 4.69) is 0 Å². The molecule has 0 spiro atoms. The Balaban J connectivity index is 2.06. The Labute approximate surface area is 174 Å². The fourth-order valence-corrected chi connectivity index (χ4v) is 3.34. The summed E-state index contributed by atoms with van der Waals surface area (Å²) in [6.07, 6.45) is -0.806. The summed E-state index contributed by atoms with van der Waals surface area (Å²) in [6, 6.07) is 5.34. The van der Waals surface area contributed by atoms with Gasteiger partial charge in [0.15, 0.2) is 11.5 Å². The van der Waals surface area contributed by atoms with Gasteiger partial charge in [-0.25, -0.2) is 18.2 Å². The number of carbonyl (C=O) groups is 3. The zero-order valence-electron chi connectivity index (χ0n) is 17.2. The van der Waals surface area contributed by atoms with Crippen LogP contribution in [-0.4, -0.2) is 59.2 Å². The van der Waals surface area contributed by atoms with Crippen molar-refractivity contribution < 1.29 is 33.3 Å². The maximum absolute atomic E-state index is 12.5. The second-order valence-corrected chi connectivity index (χ2v) is 7.92. The summed E-state index contributed by atoms with van der Waals surface area (Å²) < 4.78 is 23.2. The monoisotopic (exact) mass is 426 g/mol. The lowest BCUT2D eigenvalue weighted by atomic mass is 10.0. The second kappa shape index (κ2) is 9.73. The van der Waals surface area contributed by atoms with E-state index in [1.807, 2.05) is 19.9 Å². The molecule has 1 heterocycles. The van der Waals surface area contributed by atoms with Crippen molar-refractivity contribution in [1.29, 1.82) is 0 Å². The Hall–Kier alpha value is -2.62. The fourth-order valence-electron chi connectivity index (χ4n) is 2.65. The van der Waals surface area contributed by atoms with Gasteiger partial charge in [0.25, 0.3) is 0 Å². The zero-order chi connectivity index (χ0) is 21.6. The van der Waals surface area contributed by atoms with Crippen molar-refractivity contribution in [3.8, 4) is 11.5 Å². The van der Waals surface area contributed by atoms with Crippen molar-refractivity contribution in [3.05, 3.63) is 23.8 Å². The van der Waals surface area contributed by atoms with Crippen LogP contribution in [0.1, 0.15) is 33.3 Å². The number of hydrogen-bond donors (Lipinski definition) is 0. The van der Waals surface area contributed by atoms with Crippen LogP contribution in [0.25, 0.3) is 0 Å². The number of amides is 2. The molecule has 1 aromatic rings. The van der Waals surface area contributed by atoms with Crippen LogP contribution in [0.4, 0.5) is 9.59 Å². The summed E-state index contributed by atoms with van der Waals surface area (Å²) in [7, 11) is 1.42. The second-order valence-electron chi connectivity index (χ2n) is 6.77. The molecule has 9 nitrogen and oxygen atoms in total. The number of fused-ring (bicyclic) bond motifs is 1. The van der Waals surface area contributed by atoms with Crippen molar-refractivity contribution in [2.24, 2.45) is 0 Å². The smallest absolute Gasteiger partial charge is 0.426 e. The third-order valence-electron chi connectivity index (χ3n) is 3.78. The molecule has 2 rings (SSSR count). The minimum absolute atomic E-state index is 0.121. The third-order valence-corrected chi connectivity index (χ3v) is 4.65. The molecule has 2 amide bonds. The summed E-state index contributed by atoms with van der Waals surface area (Å²) in [6.45, 7) is 7.11. The largest absolute Gasteiger partial charge is 0.483 e. The van der Waals surface area contributed by atoms with Crippen LogP contribution in [-0.2, 0) is 20.7 Å². The van der Waals surface area contributed by atoms with Crippen LogP contribution < -0.4 is 9.47 Å². The third kappa shape index (κ3) is 6.18. The first-order valence-corrected chi connectivity index (χ1v) is 9.94. The van der Waals surface area contributed by atoms with Gasteiger partial charge >= 0.3 is 18.2 Å². The predicted molar refractivity (Wildman–Crippen MR) is 107 cm³/mol. The molecule has 1 aliphatic heterocycles. The SMILES string of the molecule is CCOC(=O)CN(SN(C)C(=O)Oc1cccc2c1OC(C)(C)C2)C(=O)OCC. The van der Waals surface area contributed by atoms with Crippen molar-refractivity contribution >= 4 is 30.3 Å². The lowest BCUT2D eigenvalue weighted by Crippen LogP contribution is -2.37. The first-order valence-electron chi connectivity index (χ1n) is 9.21. The molecule has 0 N–H and O–H groups in total. The molecular weight excluding hydrogens is 400 g/mol. The van der Waals surface area contributed by atoms with Crippen LogP contribution >= 0.6 is 12.1 Å². The standard InChI is InChI=1S/C19H26N2O7S/c1-6-25-15(22)12-21(18(24)26-7-2)29-20(5)17(23)27-14-10-8-9-13-11-19(3,4)28-16(13)14/h8-10H,6-7,11-12H2,1-5H3. The molecule has 0 atom stereocenters. The number of ether oxygens (including phenoxy) is 4. The van der Waals surface area contributed by atoms with Crippen molar-refractivity contribution in [2.45, 2.75) is 39.7 Å². The fraction of sp³-hybridized carbons (Fsp3) is 0.526. The molecule has 0 aromatic heterocycles. The Morgan fingerprint density at radius 1 is 1.14 bits per heavy atom. The van der Waals surface area contributed by atoms with Gasteiger partial charge in [0, 0.05) is 19.0 Å². The quantitative estimate of drug-likeness (QED) is 0.484. The molecule has 1 aromatic carbocycles. The van der Waals surface area contributed by atoms with Gasteiger partial charge in [-0.05, 0) is 33.8 Å².